The summed E-state index contributed by atoms with van der Waals surface area (Å²) in [6, 6.07) is 8.36. The maximum Gasteiger partial charge on any atom is 0.305 e. The molecule has 1 aromatic carbocycles. The topological polar surface area (TPSA) is 85.4 Å². The Balaban J connectivity index is 1.19. The average Bonchev–Trinajstić information content (AvgIpc) is 3.30. The Hall–Kier alpha value is -2.77. The number of para-hydroxylation sites is 2. The number of carbonyl (C=O) groups excluding carboxylic acids is 3. The number of hydrogen-bond acceptors (Lipinski definition) is 6. The zero-order valence-electron chi connectivity index (χ0n) is 39.1. The molecule has 8 heteroatoms. The minimum Gasteiger partial charge on any atom is -0.480 e. The molecule has 2 atom stereocenters. The summed E-state index contributed by atoms with van der Waals surface area (Å²) >= 11 is 0. The van der Waals surface area contributed by atoms with Crippen molar-refractivity contribution in [2.24, 2.45) is 5.92 Å². The molecule has 0 heterocycles. The van der Waals surface area contributed by atoms with Gasteiger partial charge >= 0.3 is 5.97 Å². The molecule has 2 unspecified atom stereocenters. The number of esters is 1. The SMILES string of the molecule is CCCCC(CCC)CCCCCCCCCC(=O)OCC(Oc1ccccc1OCC(=O)N(C1CCCCC1)C1CCCCC1)C(=O)N(C1CCCCC1)C1CCCCC1. The van der Waals surface area contributed by atoms with E-state index in [1.807, 2.05) is 24.3 Å². The van der Waals surface area contributed by atoms with E-state index in [1.54, 1.807) is 0 Å². The van der Waals surface area contributed by atoms with Crippen LogP contribution in [0.25, 0.3) is 0 Å². The maximum absolute atomic E-state index is 14.9. The van der Waals surface area contributed by atoms with E-state index in [4.69, 9.17) is 14.2 Å². The number of rotatable bonds is 27. The van der Waals surface area contributed by atoms with E-state index in [2.05, 4.69) is 23.6 Å². The first-order valence-corrected chi connectivity index (χ1v) is 26.2. The number of amides is 2. The number of unbranched alkanes of at least 4 members (excludes halogenated alkanes) is 7. The van der Waals surface area contributed by atoms with Gasteiger partial charge in [-0.2, -0.15) is 0 Å². The van der Waals surface area contributed by atoms with Gasteiger partial charge in [-0.1, -0.05) is 180 Å². The lowest BCUT2D eigenvalue weighted by atomic mass is 9.88. The first-order chi connectivity index (χ1) is 30.0. The smallest absolute Gasteiger partial charge is 0.305 e. The molecule has 0 aromatic heterocycles. The highest BCUT2D eigenvalue weighted by molar-refractivity contribution is 5.83. The first-order valence-electron chi connectivity index (χ1n) is 26.2. The van der Waals surface area contributed by atoms with E-state index in [-0.39, 0.29) is 55.2 Å². The molecule has 0 saturated heterocycles. The summed E-state index contributed by atoms with van der Waals surface area (Å²) in [4.78, 5) is 46.6. The summed E-state index contributed by atoms with van der Waals surface area (Å²) in [5, 5.41) is 0. The molecule has 5 rings (SSSR count). The molecule has 4 fully saturated rings. The Morgan fingerprint density at radius 3 is 1.56 bits per heavy atom. The van der Waals surface area contributed by atoms with Gasteiger partial charge in [-0.3, -0.25) is 14.4 Å². The van der Waals surface area contributed by atoms with Gasteiger partial charge in [0.25, 0.3) is 11.8 Å². The van der Waals surface area contributed by atoms with Gasteiger partial charge in [0.2, 0.25) is 6.10 Å². The fraction of sp³-hybridized carbons (Fsp3) is 0.830. The van der Waals surface area contributed by atoms with Crippen molar-refractivity contribution >= 4 is 17.8 Å². The second-order valence-electron chi connectivity index (χ2n) is 19.5. The molecular formula is C53H88N2O6. The van der Waals surface area contributed by atoms with Crippen LogP contribution in [0, 0.1) is 5.92 Å². The van der Waals surface area contributed by atoms with Crippen molar-refractivity contribution in [3.05, 3.63) is 24.3 Å². The Kier molecular flexibility index (Phi) is 23.3. The van der Waals surface area contributed by atoms with Crippen LogP contribution in [0.4, 0.5) is 0 Å². The molecular weight excluding hydrogens is 761 g/mol. The van der Waals surface area contributed by atoms with E-state index in [0.29, 0.717) is 17.9 Å². The normalized spacial score (nSPS) is 19.5. The van der Waals surface area contributed by atoms with Crippen LogP contribution in [-0.4, -0.2) is 71.1 Å². The highest BCUT2D eigenvalue weighted by Gasteiger charge is 2.38. The molecule has 0 spiro atoms. The van der Waals surface area contributed by atoms with E-state index in [1.165, 1.54) is 116 Å². The van der Waals surface area contributed by atoms with Gasteiger partial charge in [-0.25, -0.2) is 0 Å². The fourth-order valence-electron chi connectivity index (χ4n) is 11.3. The van der Waals surface area contributed by atoms with E-state index in [9.17, 15) is 14.4 Å². The molecule has 4 aliphatic carbocycles. The molecule has 1 aromatic rings. The summed E-state index contributed by atoms with van der Waals surface area (Å²) in [6.07, 6.45) is 38.0. The highest BCUT2D eigenvalue weighted by atomic mass is 16.6. The molecule has 0 bridgehead atoms. The zero-order chi connectivity index (χ0) is 42.9. The van der Waals surface area contributed by atoms with E-state index >= 15 is 0 Å². The molecule has 0 N–H and O–H groups in total. The first kappa shape index (κ1) is 49.2. The van der Waals surface area contributed by atoms with Crippen molar-refractivity contribution in [3.8, 4) is 11.5 Å². The molecule has 61 heavy (non-hydrogen) atoms. The van der Waals surface area contributed by atoms with Crippen molar-refractivity contribution in [1.29, 1.82) is 0 Å². The summed E-state index contributed by atoms with van der Waals surface area (Å²) in [7, 11) is 0. The van der Waals surface area contributed by atoms with Gasteiger partial charge in [-0.15, -0.1) is 0 Å². The number of carbonyl (C=O) groups is 3. The van der Waals surface area contributed by atoms with Crippen LogP contribution in [0.15, 0.2) is 24.3 Å². The van der Waals surface area contributed by atoms with Crippen LogP contribution in [0.2, 0.25) is 0 Å². The fourth-order valence-corrected chi connectivity index (χ4v) is 11.3. The van der Waals surface area contributed by atoms with Crippen LogP contribution < -0.4 is 9.47 Å². The van der Waals surface area contributed by atoms with Gasteiger partial charge < -0.3 is 24.0 Å². The predicted molar refractivity (Wildman–Crippen MR) is 248 cm³/mol. The van der Waals surface area contributed by atoms with E-state index < -0.39 is 6.10 Å². The number of nitrogens with zero attached hydrogens (tertiary/aromatic N) is 2. The van der Waals surface area contributed by atoms with Crippen LogP contribution in [0.1, 0.15) is 232 Å². The molecule has 4 saturated carbocycles. The Bertz CT molecular complexity index is 1330. The van der Waals surface area contributed by atoms with Crippen molar-refractivity contribution in [3.63, 3.8) is 0 Å². The minimum absolute atomic E-state index is 0.0503. The molecule has 8 nitrogen and oxygen atoms in total. The van der Waals surface area contributed by atoms with Crippen molar-refractivity contribution < 1.29 is 28.6 Å². The lowest BCUT2D eigenvalue weighted by Crippen LogP contribution is -2.54. The number of ether oxygens (including phenoxy) is 3. The Morgan fingerprint density at radius 2 is 1.03 bits per heavy atom. The monoisotopic (exact) mass is 849 g/mol. The lowest BCUT2D eigenvalue weighted by Gasteiger charge is -2.43. The van der Waals surface area contributed by atoms with Gasteiger partial charge in [0.15, 0.2) is 18.1 Å². The maximum atomic E-state index is 14.9. The van der Waals surface area contributed by atoms with Gasteiger partial charge in [0, 0.05) is 30.6 Å². The highest BCUT2D eigenvalue weighted by Crippen LogP contribution is 2.35. The summed E-state index contributed by atoms with van der Waals surface area (Å²) in [6.45, 7) is 4.42. The molecule has 4 aliphatic rings. The second-order valence-corrected chi connectivity index (χ2v) is 19.5. The average molecular weight is 849 g/mol. The molecule has 0 aliphatic heterocycles. The third-order valence-electron chi connectivity index (χ3n) is 14.7. The van der Waals surface area contributed by atoms with Crippen molar-refractivity contribution in [1.82, 2.24) is 9.80 Å². The molecule has 2 amide bonds. The molecule has 346 valence electrons. The van der Waals surface area contributed by atoms with Crippen LogP contribution in [0.5, 0.6) is 11.5 Å². The van der Waals surface area contributed by atoms with Crippen molar-refractivity contribution in [2.45, 2.75) is 262 Å². The number of benzene rings is 1. The van der Waals surface area contributed by atoms with E-state index in [0.717, 1.165) is 102 Å². The standard InChI is InChI=1S/C53H88N2O6/c1-3-5-28-43(27-4-2)29-15-9-7-6-8-10-24-40-52(57)60-41-50(53(58)55(46-34-20-13-21-35-46)47-36-22-14-23-37-47)61-49-39-26-25-38-48(49)59-42-51(56)54(44-30-16-11-17-31-44)45-32-18-12-19-33-45/h25-26,38-39,43-47,50H,3-24,27-37,40-42H2,1-2H3. The van der Waals surface area contributed by atoms with Crippen LogP contribution >= 0.6 is 0 Å². The molecule has 0 radical (unpaired) electrons. The number of hydrogen-bond donors (Lipinski definition) is 0. The van der Waals surface area contributed by atoms with Crippen LogP contribution in [-0.2, 0) is 19.1 Å². The predicted octanol–water partition coefficient (Wildman–Crippen LogP) is 13.5. The summed E-state index contributed by atoms with van der Waals surface area (Å²) in [5.41, 5.74) is 0. The van der Waals surface area contributed by atoms with Gasteiger partial charge in [0.1, 0.15) is 6.61 Å². The van der Waals surface area contributed by atoms with Crippen LogP contribution in [0.3, 0.4) is 0 Å². The van der Waals surface area contributed by atoms with Gasteiger partial charge in [0.05, 0.1) is 0 Å². The van der Waals surface area contributed by atoms with Crippen molar-refractivity contribution in [2.75, 3.05) is 13.2 Å². The Labute approximate surface area is 372 Å². The summed E-state index contributed by atoms with van der Waals surface area (Å²) in [5.74, 6) is 1.48. The second kappa shape index (κ2) is 28.8. The van der Waals surface area contributed by atoms with Gasteiger partial charge in [-0.05, 0) is 75.8 Å². The third-order valence-corrected chi connectivity index (χ3v) is 14.7. The summed E-state index contributed by atoms with van der Waals surface area (Å²) < 4.78 is 19.0. The minimum atomic E-state index is -0.992. The quantitative estimate of drug-likeness (QED) is 0.0647. The largest absolute Gasteiger partial charge is 0.480 e. The Morgan fingerprint density at radius 1 is 0.557 bits per heavy atom. The third kappa shape index (κ3) is 17.0. The lowest BCUT2D eigenvalue weighted by molar-refractivity contribution is -0.155. The zero-order valence-corrected chi connectivity index (χ0v) is 39.1.